The van der Waals surface area contributed by atoms with Crippen LogP contribution in [0.2, 0.25) is 0 Å². The van der Waals surface area contributed by atoms with Crippen LogP contribution in [0.15, 0.2) is 28.7 Å². The van der Waals surface area contributed by atoms with Gasteiger partial charge in [0.25, 0.3) is 0 Å². The molecule has 0 unspecified atom stereocenters. The molecule has 0 saturated carbocycles. The molecule has 0 aliphatic carbocycles. The van der Waals surface area contributed by atoms with Crippen LogP contribution in [0.25, 0.3) is 0 Å². The van der Waals surface area contributed by atoms with Crippen molar-refractivity contribution < 1.29 is 23.8 Å². The summed E-state index contributed by atoms with van der Waals surface area (Å²) < 4.78 is 16.7. The Morgan fingerprint density at radius 3 is 2.58 bits per heavy atom. The van der Waals surface area contributed by atoms with Crippen LogP contribution in [-0.4, -0.2) is 31.8 Å². The molecule has 1 aromatic carbocycles. The molecule has 24 heavy (non-hydrogen) atoms. The fourth-order valence-corrected chi connectivity index (χ4v) is 2.41. The predicted octanol–water partition coefficient (Wildman–Crippen LogP) is 4.05. The Kier molecular flexibility index (Phi) is 9.64. The Morgan fingerprint density at radius 2 is 1.96 bits per heavy atom. The van der Waals surface area contributed by atoms with Gasteiger partial charge in [-0.15, -0.1) is 0 Å². The molecule has 0 amide bonds. The number of carbonyl (C=O) groups excluding carboxylic acids is 2. The van der Waals surface area contributed by atoms with Gasteiger partial charge in [0.2, 0.25) is 0 Å². The molecule has 0 aliphatic rings. The normalized spacial score (nSPS) is 12.0. The Labute approximate surface area is 151 Å². The van der Waals surface area contributed by atoms with Gasteiger partial charge in [-0.05, 0) is 30.5 Å². The van der Waals surface area contributed by atoms with Crippen LogP contribution in [0.3, 0.4) is 0 Å². The fourth-order valence-electron chi connectivity index (χ4n) is 2.00. The zero-order valence-electron chi connectivity index (χ0n) is 14.4. The van der Waals surface area contributed by atoms with E-state index in [-0.39, 0.29) is 12.8 Å². The number of hydrogen-bond acceptors (Lipinski definition) is 5. The molecule has 0 saturated heterocycles. The first-order valence-corrected chi connectivity index (χ1v) is 8.90. The van der Waals surface area contributed by atoms with Crippen molar-refractivity contribution in [3.63, 3.8) is 0 Å². The van der Waals surface area contributed by atoms with Crippen LogP contribution in [0, 0.1) is 5.92 Å². The second-order valence-corrected chi connectivity index (χ2v) is 6.68. The van der Waals surface area contributed by atoms with E-state index in [1.807, 2.05) is 38.1 Å². The number of halogens is 1. The summed E-state index contributed by atoms with van der Waals surface area (Å²) in [6, 6.07) is 7.34. The highest BCUT2D eigenvalue weighted by Gasteiger charge is 2.21. The summed E-state index contributed by atoms with van der Waals surface area (Å²) in [4.78, 5) is 23.8. The van der Waals surface area contributed by atoms with Gasteiger partial charge in [0.05, 0.1) is 26.1 Å². The number of benzene rings is 1. The quantitative estimate of drug-likeness (QED) is 0.437. The SMILES string of the molecule is CCOC(=O)C[C@@H](OC(=O)CCOCC(C)C)c1cccc(Br)c1. The summed E-state index contributed by atoms with van der Waals surface area (Å²) in [5.74, 6) is -0.376. The third-order valence-corrected chi connectivity index (χ3v) is 3.55. The van der Waals surface area contributed by atoms with Gasteiger partial charge in [0.1, 0.15) is 6.10 Å². The van der Waals surface area contributed by atoms with E-state index in [2.05, 4.69) is 15.9 Å². The lowest BCUT2D eigenvalue weighted by Gasteiger charge is -2.18. The van der Waals surface area contributed by atoms with Crippen LogP contribution in [0.4, 0.5) is 0 Å². The van der Waals surface area contributed by atoms with E-state index in [9.17, 15) is 9.59 Å². The fraction of sp³-hybridized carbons (Fsp3) is 0.556. The number of ether oxygens (including phenoxy) is 3. The summed E-state index contributed by atoms with van der Waals surface area (Å²) >= 11 is 3.38. The van der Waals surface area contributed by atoms with Crippen LogP contribution >= 0.6 is 15.9 Å². The number of rotatable bonds is 10. The van der Waals surface area contributed by atoms with Gasteiger partial charge >= 0.3 is 11.9 Å². The second-order valence-electron chi connectivity index (χ2n) is 5.76. The third-order valence-electron chi connectivity index (χ3n) is 3.05. The number of esters is 2. The van der Waals surface area contributed by atoms with Gasteiger partial charge in [-0.25, -0.2) is 0 Å². The van der Waals surface area contributed by atoms with Crippen molar-refractivity contribution in [1.82, 2.24) is 0 Å². The molecule has 1 rings (SSSR count). The Morgan fingerprint density at radius 1 is 1.21 bits per heavy atom. The molecular weight excluding hydrogens is 376 g/mol. The van der Waals surface area contributed by atoms with Crippen molar-refractivity contribution in [2.75, 3.05) is 19.8 Å². The van der Waals surface area contributed by atoms with Crippen molar-refractivity contribution in [2.24, 2.45) is 5.92 Å². The van der Waals surface area contributed by atoms with E-state index >= 15 is 0 Å². The first-order valence-electron chi connectivity index (χ1n) is 8.10. The highest BCUT2D eigenvalue weighted by Crippen LogP contribution is 2.25. The average Bonchev–Trinajstić information content (AvgIpc) is 2.51. The Bertz CT molecular complexity index is 530. The first-order chi connectivity index (χ1) is 11.4. The Balaban J connectivity index is 2.64. The lowest BCUT2D eigenvalue weighted by atomic mass is 10.1. The summed E-state index contributed by atoms with van der Waals surface area (Å²) in [7, 11) is 0. The zero-order valence-corrected chi connectivity index (χ0v) is 16.0. The molecule has 1 atom stereocenters. The summed E-state index contributed by atoms with van der Waals surface area (Å²) in [5.41, 5.74) is 0.744. The summed E-state index contributed by atoms with van der Waals surface area (Å²) in [6.45, 7) is 7.03. The predicted molar refractivity (Wildman–Crippen MR) is 94.5 cm³/mol. The van der Waals surface area contributed by atoms with E-state index in [1.165, 1.54) is 0 Å². The van der Waals surface area contributed by atoms with Gasteiger partial charge in [0, 0.05) is 11.1 Å². The van der Waals surface area contributed by atoms with Crippen LogP contribution in [0.1, 0.15) is 45.3 Å². The molecule has 0 bridgehead atoms. The lowest BCUT2D eigenvalue weighted by Crippen LogP contribution is -2.18. The summed E-state index contributed by atoms with van der Waals surface area (Å²) in [5, 5.41) is 0. The van der Waals surface area contributed by atoms with Gasteiger partial charge in [0.15, 0.2) is 0 Å². The molecule has 0 heterocycles. The van der Waals surface area contributed by atoms with Crippen LogP contribution in [0.5, 0.6) is 0 Å². The van der Waals surface area contributed by atoms with E-state index < -0.39 is 18.0 Å². The van der Waals surface area contributed by atoms with Crippen molar-refractivity contribution in [3.8, 4) is 0 Å². The van der Waals surface area contributed by atoms with E-state index in [4.69, 9.17) is 14.2 Å². The van der Waals surface area contributed by atoms with Gasteiger partial charge in [-0.1, -0.05) is 41.9 Å². The largest absolute Gasteiger partial charge is 0.466 e. The van der Waals surface area contributed by atoms with Crippen molar-refractivity contribution >= 4 is 27.9 Å². The molecular formula is C18H25BrO5. The molecule has 0 aromatic heterocycles. The van der Waals surface area contributed by atoms with E-state index in [1.54, 1.807) is 6.92 Å². The smallest absolute Gasteiger partial charge is 0.309 e. The van der Waals surface area contributed by atoms with E-state index in [0.29, 0.717) is 25.7 Å². The molecule has 0 aliphatic heterocycles. The lowest BCUT2D eigenvalue weighted by molar-refractivity contribution is -0.156. The number of carbonyl (C=O) groups is 2. The third kappa shape index (κ3) is 8.45. The minimum Gasteiger partial charge on any atom is -0.466 e. The van der Waals surface area contributed by atoms with Crippen molar-refractivity contribution in [3.05, 3.63) is 34.3 Å². The van der Waals surface area contributed by atoms with Gasteiger partial charge < -0.3 is 14.2 Å². The van der Waals surface area contributed by atoms with Gasteiger partial charge in [-0.2, -0.15) is 0 Å². The standard InChI is InChI=1S/C18H25BrO5/c1-4-23-18(21)11-16(14-6-5-7-15(19)10-14)24-17(20)8-9-22-12-13(2)3/h5-7,10,13,16H,4,8-9,11-12H2,1-3H3/t16-/m1/s1. The van der Waals surface area contributed by atoms with Crippen molar-refractivity contribution in [2.45, 2.75) is 39.7 Å². The number of hydrogen-bond donors (Lipinski definition) is 0. The first kappa shape index (κ1) is 20.6. The minimum atomic E-state index is -0.667. The monoisotopic (exact) mass is 400 g/mol. The zero-order chi connectivity index (χ0) is 17.9. The topological polar surface area (TPSA) is 61.8 Å². The van der Waals surface area contributed by atoms with Crippen molar-refractivity contribution in [1.29, 1.82) is 0 Å². The highest BCUT2D eigenvalue weighted by molar-refractivity contribution is 9.10. The van der Waals surface area contributed by atoms with E-state index in [0.717, 1.165) is 10.0 Å². The van der Waals surface area contributed by atoms with Crippen LogP contribution in [-0.2, 0) is 23.8 Å². The maximum atomic E-state index is 12.0. The van der Waals surface area contributed by atoms with Gasteiger partial charge in [-0.3, -0.25) is 9.59 Å². The average molecular weight is 401 g/mol. The molecule has 1 aromatic rings. The molecule has 0 radical (unpaired) electrons. The molecule has 6 heteroatoms. The molecule has 0 fully saturated rings. The maximum absolute atomic E-state index is 12.0. The van der Waals surface area contributed by atoms with Crippen LogP contribution < -0.4 is 0 Å². The molecule has 0 spiro atoms. The molecule has 0 N–H and O–H groups in total. The Hall–Kier alpha value is -1.40. The molecule has 5 nitrogen and oxygen atoms in total. The second kappa shape index (κ2) is 11.2. The molecule has 134 valence electrons. The summed E-state index contributed by atoms with van der Waals surface area (Å²) in [6.07, 6.45) is -0.526. The highest BCUT2D eigenvalue weighted by atomic mass is 79.9. The minimum absolute atomic E-state index is 0.0110. The maximum Gasteiger partial charge on any atom is 0.309 e.